The van der Waals surface area contributed by atoms with E-state index in [1.807, 2.05) is 6.92 Å². The van der Waals surface area contributed by atoms with Gasteiger partial charge in [0.25, 0.3) is 5.91 Å². The lowest BCUT2D eigenvalue weighted by molar-refractivity contribution is -0.144. The summed E-state index contributed by atoms with van der Waals surface area (Å²) in [6, 6.07) is 2.81. The van der Waals surface area contributed by atoms with Crippen LogP contribution < -0.4 is 5.32 Å². The maximum atomic E-state index is 11.8. The minimum Gasteiger partial charge on any atom is -0.480 e. The van der Waals surface area contributed by atoms with E-state index in [0.29, 0.717) is 12.8 Å². The van der Waals surface area contributed by atoms with E-state index in [2.05, 4.69) is 15.5 Å². The SMILES string of the molecule is CCCC(C)(NC(=O)c1ccc(Cl)nn1)C(=O)O. The average Bonchev–Trinajstić information content (AvgIpc) is 2.29. The van der Waals surface area contributed by atoms with E-state index in [4.69, 9.17) is 16.7 Å². The van der Waals surface area contributed by atoms with Crippen LogP contribution in [-0.4, -0.2) is 32.7 Å². The molecule has 0 aliphatic carbocycles. The molecule has 0 bridgehead atoms. The minimum atomic E-state index is -1.31. The van der Waals surface area contributed by atoms with Gasteiger partial charge < -0.3 is 10.4 Å². The molecule has 1 heterocycles. The van der Waals surface area contributed by atoms with Gasteiger partial charge in [-0.3, -0.25) is 4.79 Å². The predicted molar refractivity (Wildman–Crippen MR) is 65.5 cm³/mol. The molecule has 0 spiro atoms. The van der Waals surface area contributed by atoms with Crippen LogP contribution in [0.5, 0.6) is 0 Å². The standard InChI is InChI=1S/C11H14ClN3O3/c1-3-6-11(2,10(17)18)13-9(16)7-4-5-8(12)15-14-7/h4-5H,3,6H2,1-2H3,(H,13,16)(H,17,18). The first-order valence-electron chi connectivity index (χ1n) is 5.44. The Morgan fingerprint density at radius 2 is 2.11 bits per heavy atom. The van der Waals surface area contributed by atoms with Crippen molar-refractivity contribution < 1.29 is 14.7 Å². The van der Waals surface area contributed by atoms with Gasteiger partial charge in [0.05, 0.1) is 0 Å². The number of nitrogens with one attached hydrogen (secondary N) is 1. The van der Waals surface area contributed by atoms with Gasteiger partial charge in [-0.15, -0.1) is 10.2 Å². The average molecular weight is 272 g/mol. The number of amides is 1. The van der Waals surface area contributed by atoms with E-state index in [9.17, 15) is 9.59 Å². The summed E-state index contributed by atoms with van der Waals surface area (Å²) in [5, 5.41) is 18.9. The van der Waals surface area contributed by atoms with Gasteiger partial charge in [-0.1, -0.05) is 24.9 Å². The summed E-state index contributed by atoms with van der Waals surface area (Å²) in [7, 11) is 0. The second-order valence-corrected chi connectivity index (χ2v) is 4.47. The lowest BCUT2D eigenvalue weighted by atomic mass is 9.96. The molecular weight excluding hydrogens is 258 g/mol. The fourth-order valence-electron chi connectivity index (χ4n) is 1.47. The number of halogens is 1. The zero-order valence-corrected chi connectivity index (χ0v) is 10.9. The number of carboxylic acids is 1. The van der Waals surface area contributed by atoms with Crippen LogP contribution in [-0.2, 0) is 4.79 Å². The molecule has 6 nitrogen and oxygen atoms in total. The summed E-state index contributed by atoms with van der Waals surface area (Å²) in [5.41, 5.74) is -1.28. The number of nitrogens with zero attached hydrogens (tertiary/aromatic N) is 2. The van der Waals surface area contributed by atoms with Crippen LogP contribution >= 0.6 is 11.6 Å². The van der Waals surface area contributed by atoms with E-state index in [-0.39, 0.29) is 10.8 Å². The third-order valence-electron chi connectivity index (χ3n) is 2.48. The predicted octanol–water partition coefficient (Wildman–Crippen LogP) is 1.50. The number of carbonyl (C=O) groups excluding carboxylic acids is 1. The quantitative estimate of drug-likeness (QED) is 0.847. The van der Waals surface area contributed by atoms with Crippen molar-refractivity contribution in [2.45, 2.75) is 32.2 Å². The molecule has 0 aromatic carbocycles. The van der Waals surface area contributed by atoms with Crippen molar-refractivity contribution in [1.29, 1.82) is 0 Å². The van der Waals surface area contributed by atoms with Crippen molar-refractivity contribution in [2.75, 3.05) is 0 Å². The van der Waals surface area contributed by atoms with Gasteiger partial charge in [-0.05, 0) is 25.5 Å². The van der Waals surface area contributed by atoms with Gasteiger partial charge in [0, 0.05) is 0 Å². The number of carboxylic acid groups (broad SMARTS) is 1. The van der Waals surface area contributed by atoms with Crippen LogP contribution in [0, 0.1) is 0 Å². The number of aliphatic carboxylic acids is 1. The van der Waals surface area contributed by atoms with Crippen LogP contribution in [0.4, 0.5) is 0 Å². The van der Waals surface area contributed by atoms with Crippen LogP contribution in [0.25, 0.3) is 0 Å². The lowest BCUT2D eigenvalue weighted by Crippen LogP contribution is -2.52. The molecule has 0 aliphatic rings. The molecule has 0 saturated carbocycles. The van der Waals surface area contributed by atoms with Crippen LogP contribution in [0.15, 0.2) is 12.1 Å². The maximum absolute atomic E-state index is 11.8. The van der Waals surface area contributed by atoms with E-state index < -0.39 is 17.4 Å². The monoisotopic (exact) mass is 271 g/mol. The van der Waals surface area contributed by atoms with E-state index in [1.54, 1.807) is 0 Å². The highest BCUT2D eigenvalue weighted by Crippen LogP contribution is 2.13. The molecule has 1 aromatic rings. The zero-order chi connectivity index (χ0) is 13.8. The molecule has 0 saturated heterocycles. The van der Waals surface area contributed by atoms with Gasteiger partial charge in [-0.25, -0.2) is 4.79 Å². The van der Waals surface area contributed by atoms with Crippen molar-refractivity contribution in [3.05, 3.63) is 23.0 Å². The van der Waals surface area contributed by atoms with E-state index in [1.165, 1.54) is 19.1 Å². The Morgan fingerprint density at radius 1 is 1.44 bits per heavy atom. The normalized spacial score (nSPS) is 13.7. The maximum Gasteiger partial charge on any atom is 0.329 e. The Balaban J connectivity index is 2.85. The largest absolute Gasteiger partial charge is 0.480 e. The highest BCUT2D eigenvalue weighted by Gasteiger charge is 2.34. The molecule has 1 unspecified atom stereocenters. The fraction of sp³-hybridized carbons (Fsp3) is 0.455. The Bertz CT molecular complexity index is 449. The van der Waals surface area contributed by atoms with Crippen LogP contribution in [0.2, 0.25) is 5.15 Å². The van der Waals surface area contributed by atoms with E-state index >= 15 is 0 Å². The number of aromatic nitrogens is 2. The van der Waals surface area contributed by atoms with Gasteiger partial charge in [0.15, 0.2) is 10.8 Å². The number of hydrogen-bond acceptors (Lipinski definition) is 4. The van der Waals surface area contributed by atoms with Gasteiger partial charge in [0.2, 0.25) is 0 Å². The molecule has 98 valence electrons. The topological polar surface area (TPSA) is 92.2 Å². The van der Waals surface area contributed by atoms with Crippen molar-refractivity contribution in [1.82, 2.24) is 15.5 Å². The van der Waals surface area contributed by atoms with E-state index in [0.717, 1.165) is 0 Å². The Labute approximate surface area is 109 Å². The Hall–Kier alpha value is -1.69. The van der Waals surface area contributed by atoms with Gasteiger partial charge in [-0.2, -0.15) is 0 Å². The highest BCUT2D eigenvalue weighted by molar-refractivity contribution is 6.29. The molecule has 0 aliphatic heterocycles. The number of carbonyl (C=O) groups is 2. The summed E-state index contributed by atoms with van der Waals surface area (Å²) >= 11 is 5.55. The number of hydrogen-bond donors (Lipinski definition) is 2. The van der Waals surface area contributed by atoms with Crippen molar-refractivity contribution in [3.8, 4) is 0 Å². The smallest absolute Gasteiger partial charge is 0.329 e. The molecule has 7 heteroatoms. The fourth-order valence-corrected chi connectivity index (χ4v) is 1.58. The van der Waals surface area contributed by atoms with Gasteiger partial charge >= 0.3 is 5.97 Å². The molecule has 1 aromatic heterocycles. The third-order valence-corrected chi connectivity index (χ3v) is 2.68. The molecule has 1 amide bonds. The van der Waals surface area contributed by atoms with Crippen molar-refractivity contribution >= 4 is 23.5 Å². The number of rotatable bonds is 5. The van der Waals surface area contributed by atoms with Crippen LogP contribution in [0.1, 0.15) is 37.2 Å². The summed E-state index contributed by atoms with van der Waals surface area (Å²) in [6.07, 6.45) is 0.963. The summed E-state index contributed by atoms with van der Waals surface area (Å²) in [5.74, 6) is -1.67. The zero-order valence-electron chi connectivity index (χ0n) is 10.1. The summed E-state index contributed by atoms with van der Waals surface area (Å²) in [6.45, 7) is 3.30. The third kappa shape index (κ3) is 3.40. The molecular formula is C11H14ClN3O3. The molecule has 1 rings (SSSR count). The first-order valence-corrected chi connectivity index (χ1v) is 5.82. The van der Waals surface area contributed by atoms with Crippen molar-refractivity contribution in [3.63, 3.8) is 0 Å². The summed E-state index contributed by atoms with van der Waals surface area (Å²) < 4.78 is 0. The first kappa shape index (κ1) is 14.4. The van der Waals surface area contributed by atoms with Gasteiger partial charge in [0.1, 0.15) is 5.54 Å². The minimum absolute atomic E-state index is 0.0305. The molecule has 0 radical (unpaired) electrons. The second-order valence-electron chi connectivity index (χ2n) is 4.08. The Morgan fingerprint density at radius 3 is 2.56 bits per heavy atom. The first-order chi connectivity index (χ1) is 8.39. The lowest BCUT2D eigenvalue weighted by Gasteiger charge is -2.25. The molecule has 1 atom stereocenters. The van der Waals surface area contributed by atoms with Crippen LogP contribution in [0.3, 0.4) is 0 Å². The molecule has 0 fully saturated rings. The molecule has 18 heavy (non-hydrogen) atoms. The highest BCUT2D eigenvalue weighted by atomic mass is 35.5. The second kappa shape index (κ2) is 5.77. The summed E-state index contributed by atoms with van der Waals surface area (Å²) in [4.78, 5) is 23.0. The van der Waals surface area contributed by atoms with Crippen molar-refractivity contribution in [2.24, 2.45) is 0 Å². The Kier molecular flexibility index (Phi) is 4.61. The molecule has 2 N–H and O–H groups in total.